The molecule has 4 heteroatoms. The van der Waals surface area contributed by atoms with Crippen molar-refractivity contribution in [2.45, 2.75) is 0 Å². The number of hydrogen-bond acceptors (Lipinski definition) is 2. The van der Waals surface area contributed by atoms with E-state index in [0.29, 0.717) is 0 Å². The van der Waals surface area contributed by atoms with Crippen LogP contribution in [0.15, 0.2) is 0 Å². The van der Waals surface area contributed by atoms with Crippen LogP contribution < -0.4 is 5.73 Å². The van der Waals surface area contributed by atoms with Gasteiger partial charge in [0.1, 0.15) is 0 Å². The summed E-state index contributed by atoms with van der Waals surface area (Å²) in [6, 6.07) is 1.17. The summed E-state index contributed by atoms with van der Waals surface area (Å²) in [5.41, 5.74) is 4.29. The first kappa shape index (κ1) is 8.98. The van der Waals surface area contributed by atoms with E-state index < -0.39 is 5.91 Å². The van der Waals surface area contributed by atoms with E-state index in [1.807, 2.05) is 0 Å². The van der Waals surface area contributed by atoms with Crippen molar-refractivity contribution < 1.29 is 4.79 Å². The fourth-order valence-corrected chi connectivity index (χ4v) is 0. The summed E-state index contributed by atoms with van der Waals surface area (Å²) in [5, 5.41) is 7.42. The van der Waals surface area contributed by atoms with Gasteiger partial charge in [-0.1, -0.05) is 0 Å². The summed E-state index contributed by atoms with van der Waals surface area (Å²) in [7, 11) is 0. The largest absolute Gasteiger partial charge is 0.357 e. The maximum atomic E-state index is 9.23. The third-order valence-electron chi connectivity index (χ3n) is 0.110. The molecule has 0 heterocycles. The van der Waals surface area contributed by atoms with Gasteiger partial charge in [0.2, 0.25) is 0 Å². The normalized spacial score (nSPS) is 4.50. The number of carbonyl (C=O) groups excluding carboxylic acids is 1. The van der Waals surface area contributed by atoms with Crippen molar-refractivity contribution in [3.05, 3.63) is 0 Å². The average Bonchev–Trinajstić information content (AvgIpc) is 1.38. The van der Waals surface area contributed by atoms with Crippen molar-refractivity contribution in [2.24, 2.45) is 5.73 Å². The molecule has 0 atom stereocenters. The van der Waals surface area contributed by atoms with Crippen LogP contribution in [0.5, 0.6) is 0 Å². The minimum Gasteiger partial charge on any atom is -0.357 e. The molecule has 34 valence electrons. The quantitative estimate of drug-likeness (QED) is 0.420. The monoisotopic (exact) mass is 106 g/mol. The molecule has 0 saturated carbocycles. The second-order valence-electron chi connectivity index (χ2n) is 0.476. The maximum absolute atomic E-state index is 9.23. The zero-order valence-corrected chi connectivity index (χ0v) is 3.66. The van der Waals surface area contributed by atoms with Crippen molar-refractivity contribution in [2.75, 3.05) is 0 Å². The van der Waals surface area contributed by atoms with Gasteiger partial charge in [0.15, 0.2) is 6.07 Å². The Labute approximate surface area is 41.2 Å². The lowest BCUT2D eigenvalue weighted by Crippen LogP contribution is -2.05. The highest BCUT2D eigenvalue weighted by Gasteiger charge is 1.75. The maximum Gasteiger partial charge on any atom is 0.319 e. The molecule has 0 aromatic heterocycles. The molecule has 0 radical (unpaired) electrons. The van der Waals surface area contributed by atoms with Crippen molar-refractivity contribution in [1.29, 1.82) is 5.26 Å². The molecule has 3 nitrogen and oxygen atoms in total. The first-order valence-electron chi connectivity index (χ1n) is 0.966. The second kappa shape index (κ2) is 4.25. The number of carbonyl (C=O) groups is 1. The number of nitrogens with zero attached hydrogens (tertiary/aromatic N) is 1. The Morgan fingerprint density at radius 2 is 2.00 bits per heavy atom. The van der Waals surface area contributed by atoms with Crippen molar-refractivity contribution in [3.63, 3.8) is 0 Å². The summed E-state index contributed by atoms with van der Waals surface area (Å²) in [6.07, 6.45) is 0. The number of halogens is 1. The molecule has 2 N–H and O–H groups in total. The van der Waals surface area contributed by atoms with Crippen LogP contribution >= 0.6 is 12.4 Å². The molecular weight excluding hydrogens is 103 g/mol. The summed E-state index contributed by atoms with van der Waals surface area (Å²) >= 11 is 0. The van der Waals surface area contributed by atoms with Crippen LogP contribution in [-0.2, 0) is 4.79 Å². The first-order valence-corrected chi connectivity index (χ1v) is 0.966. The van der Waals surface area contributed by atoms with Gasteiger partial charge in [0.05, 0.1) is 0 Å². The summed E-state index contributed by atoms with van der Waals surface area (Å²) in [6.45, 7) is 0. The molecular formula is C2H3ClN2O. The Hall–Kier alpha value is -0.750. The highest BCUT2D eigenvalue weighted by Crippen LogP contribution is 1.37. The topological polar surface area (TPSA) is 66.9 Å². The zero-order chi connectivity index (χ0) is 4.28. The summed E-state index contributed by atoms with van der Waals surface area (Å²) in [5.74, 6) is -0.940. The standard InChI is InChI=1S/C2H2N2O.ClH/c3-1-2(4)5;/h(H2,4,5);1H. The van der Waals surface area contributed by atoms with E-state index in [4.69, 9.17) is 5.26 Å². The number of primary amides is 1. The van der Waals surface area contributed by atoms with Crippen molar-refractivity contribution in [1.82, 2.24) is 0 Å². The molecule has 0 rings (SSSR count). The molecule has 0 unspecified atom stereocenters. The summed E-state index contributed by atoms with van der Waals surface area (Å²) in [4.78, 5) is 9.23. The molecule has 0 aliphatic carbocycles. The van der Waals surface area contributed by atoms with E-state index >= 15 is 0 Å². The minimum atomic E-state index is -0.940. The van der Waals surface area contributed by atoms with E-state index in [0.717, 1.165) is 0 Å². The molecule has 0 aromatic rings. The van der Waals surface area contributed by atoms with E-state index in [1.165, 1.54) is 6.07 Å². The van der Waals surface area contributed by atoms with Gasteiger partial charge in [-0.2, -0.15) is 5.26 Å². The lowest BCUT2D eigenvalue weighted by Gasteiger charge is -1.56. The zero-order valence-electron chi connectivity index (χ0n) is 2.84. The lowest BCUT2D eigenvalue weighted by molar-refractivity contribution is -0.113. The Bertz CT molecular complexity index is 84.0. The second-order valence-corrected chi connectivity index (χ2v) is 0.476. The van der Waals surface area contributed by atoms with Gasteiger partial charge in [-0.05, 0) is 0 Å². The Morgan fingerprint density at radius 3 is 2.00 bits per heavy atom. The highest BCUT2D eigenvalue weighted by molar-refractivity contribution is 5.89. The fraction of sp³-hybridized carbons (Fsp3) is 0. The predicted molar refractivity (Wildman–Crippen MR) is 22.1 cm³/mol. The first-order chi connectivity index (χ1) is 2.27. The molecule has 0 aromatic carbocycles. The SMILES string of the molecule is Cl.N#CC(N)=O. The van der Waals surface area contributed by atoms with Crippen LogP contribution in [0.3, 0.4) is 0 Å². The molecule has 0 aliphatic rings. The lowest BCUT2D eigenvalue weighted by atomic mass is 10.7. The van der Waals surface area contributed by atoms with Crippen LogP contribution in [0.25, 0.3) is 0 Å². The van der Waals surface area contributed by atoms with Gasteiger partial charge in [-0.25, -0.2) is 0 Å². The number of hydrogen-bond donors (Lipinski definition) is 1. The highest BCUT2D eigenvalue weighted by atomic mass is 35.5. The van der Waals surface area contributed by atoms with E-state index in [2.05, 4.69) is 5.73 Å². The number of amides is 1. The van der Waals surface area contributed by atoms with E-state index in [1.54, 1.807) is 0 Å². The Balaban J connectivity index is 0. The van der Waals surface area contributed by atoms with E-state index in [-0.39, 0.29) is 12.4 Å². The van der Waals surface area contributed by atoms with Crippen LogP contribution in [0, 0.1) is 11.3 Å². The van der Waals surface area contributed by atoms with Crippen molar-refractivity contribution in [3.8, 4) is 6.07 Å². The molecule has 0 spiro atoms. The van der Waals surface area contributed by atoms with Crippen LogP contribution in [0.4, 0.5) is 0 Å². The average molecular weight is 107 g/mol. The van der Waals surface area contributed by atoms with Crippen LogP contribution in [0.1, 0.15) is 0 Å². The van der Waals surface area contributed by atoms with Gasteiger partial charge >= 0.3 is 5.91 Å². The number of nitriles is 1. The molecule has 0 saturated heterocycles. The van der Waals surface area contributed by atoms with Gasteiger partial charge in [-0.15, -0.1) is 12.4 Å². The molecule has 0 aliphatic heterocycles. The number of rotatable bonds is 0. The third-order valence-corrected chi connectivity index (χ3v) is 0.110. The molecule has 6 heavy (non-hydrogen) atoms. The molecule has 0 fully saturated rings. The molecule has 0 bridgehead atoms. The third kappa shape index (κ3) is 10.5. The molecule has 1 amide bonds. The van der Waals surface area contributed by atoms with Crippen molar-refractivity contribution >= 4 is 18.3 Å². The van der Waals surface area contributed by atoms with Gasteiger partial charge in [0, 0.05) is 0 Å². The van der Waals surface area contributed by atoms with E-state index in [9.17, 15) is 4.79 Å². The summed E-state index contributed by atoms with van der Waals surface area (Å²) < 4.78 is 0. The van der Waals surface area contributed by atoms with Crippen LogP contribution in [0.2, 0.25) is 0 Å². The predicted octanol–water partition coefficient (Wildman–Crippen LogP) is -0.583. The fourth-order valence-electron chi connectivity index (χ4n) is 0. The van der Waals surface area contributed by atoms with Gasteiger partial charge in [-0.3, -0.25) is 4.79 Å². The Kier molecular flexibility index (Phi) is 6.36. The smallest absolute Gasteiger partial charge is 0.319 e. The minimum absolute atomic E-state index is 0. The van der Waals surface area contributed by atoms with Gasteiger partial charge in [0.25, 0.3) is 0 Å². The Morgan fingerprint density at radius 1 is 1.83 bits per heavy atom. The van der Waals surface area contributed by atoms with Crippen LogP contribution in [-0.4, -0.2) is 5.91 Å². The number of nitrogens with two attached hydrogens (primary N) is 1. The van der Waals surface area contributed by atoms with Gasteiger partial charge < -0.3 is 5.73 Å².